The molecule has 2 rings (SSSR count). The van der Waals surface area contributed by atoms with Crippen molar-refractivity contribution in [3.8, 4) is 11.8 Å². The van der Waals surface area contributed by atoms with Gasteiger partial charge in [-0.1, -0.05) is 43.7 Å². The average molecular weight is 385 g/mol. The van der Waals surface area contributed by atoms with Crippen molar-refractivity contribution in [1.29, 1.82) is 5.26 Å². The molecule has 0 bridgehead atoms. The zero-order valence-corrected chi connectivity index (χ0v) is 16.4. The molecule has 0 aliphatic heterocycles. The van der Waals surface area contributed by atoms with E-state index in [4.69, 9.17) is 16.3 Å². The molecule has 0 fully saturated rings. The molecule has 0 saturated heterocycles. The predicted molar refractivity (Wildman–Crippen MR) is 108 cm³/mol. The normalized spacial score (nSPS) is 11.4. The zero-order valence-electron chi connectivity index (χ0n) is 15.6. The Bertz CT molecular complexity index is 741. The number of carbonyl (C=O) groups excluding carboxylic acids is 1. The molecule has 0 spiro atoms. The van der Waals surface area contributed by atoms with Gasteiger partial charge in [-0.3, -0.25) is 4.79 Å². The number of carbonyl (C=O) groups is 1. The number of rotatable bonds is 10. The van der Waals surface area contributed by atoms with E-state index in [1.807, 2.05) is 30.3 Å². The number of hydrogen-bond acceptors (Lipinski definition) is 3. The van der Waals surface area contributed by atoms with E-state index < -0.39 is 6.04 Å². The maximum atomic E-state index is 13.1. The quantitative estimate of drug-likeness (QED) is 0.417. The molecule has 5 heteroatoms. The highest BCUT2D eigenvalue weighted by atomic mass is 35.5. The highest BCUT2D eigenvalue weighted by Gasteiger charge is 2.25. The molecule has 1 amide bonds. The maximum Gasteiger partial charge on any atom is 0.255 e. The molecule has 2 aromatic carbocycles. The molecule has 0 unspecified atom stereocenters. The Morgan fingerprint density at radius 3 is 2.44 bits per heavy atom. The fraction of sp³-hybridized carbons (Fsp3) is 0.364. The van der Waals surface area contributed by atoms with E-state index in [1.54, 1.807) is 29.2 Å². The van der Waals surface area contributed by atoms with Crippen LogP contribution in [0.3, 0.4) is 0 Å². The molecule has 2 aromatic rings. The molecule has 0 aromatic heterocycles. The molecule has 0 heterocycles. The molecule has 0 radical (unpaired) electrons. The summed E-state index contributed by atoms with van der Waals surface area (Å²) in [6.07, 6.45) is 2.69. The van der Waals surface area contributed by atoms with E-state index in [-0.39, 0.29) is 5.91 Å². The van der Waals surface area contributed by atoms with Crippen LogP contribution in [0.25, 0.3) is 0 Å². The van der Waals surface area contributed by atoms with Gasteiger partial charge in [0.05, 0.1) is 12.7 Å². The number of amides is 1. The molecule has 0 N–H and O–H groups in total. The molecule has 0 aliphatic carbocycles. The second-order valence-corrected chi connectivity index (χ2v) is 6.59. The first kappa shape index (κ1) is 20.8. The summed E-state index contributed by atoms with van der Waals surface area (Å²) in [5, 5.41) is 9.71. The van der Waals surface area contributed by atoms with Gasteiger partial charge < -0.3 is 9.64 Å². The second-order valence-electron chi connectivity index (χ2n) is 6.21. The van der Waals surface area contributed by atoms with Crippen LogP contribution in [-0.4, -0.2) is 29.8 Å². The Kier molecular flexibility index (Phi) is 8.67. The van der Waals surface area contributed by atoms with E-state index in [2.05, 4.69) is 13.0 Å². The number of unbranched alkanes of at least 4 members (excludes halogenated alkanes) is 1. The van der Waals surface area contributed by atoms with Crippen molar-refractivity contribution in [2.75, 3.05) is 19.0 Å². The number of halogens is 1. The van der Waals surface area contributed by atoms with Crippen LogP contribution >= 0.6 is 11.6 Å². The lowest BCUT2D eigenvalue weighted by atomic mass is 10.0. The number of nitrogens with zero attached hydrogens (tertiary/aromatic N) is 2. The second kappa shape index (κ2) is 11.3. The third-order valence-corrected chi connectivity index (χ3v) is 4.48. The largest absolute Gasteiger partial charge is 0.494 e. The van der Waals surface area contributed by atoms with Gasteiger partial charge >= 0.3 is 0 Å². The summed E-state index contributed by atoms with van der Waals surface area (Å²) in [6.45, 7) is 3.19. The molecular weight excluding hydrogens is 360 g/mol. The van der Waals surface area contributed by atoms with E-state index in [0.717, 1.165) is 24.2 Å². The molecular formula is C22H25ClN2O2. The predicted octanol–water partition coefficient (Wildman–Crippen LogP) is 5.20. The van der Waals surface area contributed by atoms with Crippen molar-refractivity contribution in [3.05, 3.63) is 65.7 Å². The van der Waals surface area contributed by atoms with Gasteiger partial charge in [-0.2, -0.15) is 5.26 Å². The minimum absolute atomic E-state index is 0.185. The molecule has 4 nitrogen and oxygen atoms in total. The van der Waals surface area contributed by atoms with Crippen LogP contribution in [0.4, 0.5) is 0 Å². The number of nitriles is 1. The standard InChI is InChI=1S/C22H25ClN2O2/c1-2-3-16-27-20-12-10-19(11-13-20)22(26)25(15-7-14-23)21(17-24)18-8-5-4-6-9-18/h4-6,8-13,21H,2-3,7,14-16H2,1H3/t21-/m0/s1. The van der Waals surface area contributed by atoms with Crippen LogP contribution in [-0.2, 0) is 0 Å². The topological polar surface area (TPSA) is 53.3 Å². The number of benzene rings is 2. The number of alkyl halides is 1. The number of ether oxygens (including phenoxy) is 1. The third-order valence-electron chi connectivity index (χ3n) is 4.21. The first-order chi connectivity index (χ1) is 13.2. The van der Waals surface area contributed by atoms with Crippen molar-refractivity contribution in [1.82, 2.24) is 4.90 Å². The van der Waals surface area contributed by atoms with E-state index in [9.17, 15) is 10.1 Å². The van der Waals surface area contributed by atoms with Crippen LogP contribution in [0, 0.1) is 11.3 Å². The first-order valence-electron chi connectivity index (χ1n) is 9.25. The zero-order chi connectivity index (χ0) is 19.5. The molecule has 0 aliphatic rings. The van der Waals surface area contributed by atoms with E-state index in [1.165, 1.54) is 0 Å². The van der Waals surface area contributed by atoms with Gasteiger partial charge in [0, 0.05) is 18.0 Å². The molecule has 27 heavy (non-hydrogen) atoms. The van der Waals surface area contributed by atoms with E-state index in [0.29, 0.717) is 31.0 Å². The van der Waals surface area contributed by atoms with Gasteiger partial charge in [-0.25, -0.2) is 0 Å². The summed E-state index contributed by atoms with van der Waals surface area (Å²) in [5.41, 5.74) is 1.33. The maximum absolute atomic E-state index is 13.1. The van der Waals surface area contributed by atoms with Crippen molar-refractivity contribution in [3.63, 3.8) is 0 Å². The lowest BCUT2D eigenvalue weighted by molar-refractivity contribution is 0.0717. The summed E-state index contributed by atoms with van der Waals surface area (Å²) in [6, 6.07) is 18.0. The monoisotopic (exact) mass is 384 g/mol. The van der Waals surface area contributed by atoms with Crippen LogP contribution in [0.15, 0.2) is 54.6 Å². The van der Waals surface area contributed by atoms with Gasteiger partial charge in [0.25, 0.3) is 5.91 Å². The minimum atomic E-state index is -0.651. The summed E-state index contributed by atoms with van der Waals surface area (Å²) >= 11 is 5.83. The summed E-state index contributed by atoms with van der Waals surface area (Å²) in [4.78, 5) is 14.7. The van der Waals surface area contributed by atoms with Gasteiger partial charge in [-0.15, -0.1) is 11.6 Å². The van der Waals surface area contributed by atoms with E-state index >= 15 is 0 Å². The Morgan fingerprint density at radius 2 is 1.85 bits per heavy atom. The Labute approximate surface area is 166 Å². The minimum Gasteiger partial charge on any atom is -0.494 e. The van der Waals surface area contributed by atoms with Crippen molar-refractivity contribution >= 4 is 17.5 Å². The van der Waals surface area contributed by atoms with Crippen LogP contribution in [0.1, 0.15) is 48.1 Å². The summed E-state index contributed by atoms with van der Waals surface area (Å²) in [7, 11) is 0. The lowest BCUT2D eigenvalue weighted by Gasteiger charge is -2.27. The summed E-state index contributed by atoms with van der Waals surface area (Å²) in [5.74, 6) is 0.990. The summed E-state index contributed by atoms with van der Waals surface area (Å²) < 4.78 is 5.65. The molecule has 1 atom stereocenters. The van der Waals surface area contributed by atoms with Crippen molar-refractivity contribution in [2.24, 2.45) is 0 Å². The Hall–Kier alpha value is -2.51. The lowest BCUT2D eigenvalue weighted by Crippen LogP contribution is -2.35. The SMILES string of the molecule is CCCCOc1ccc(C(=O)N(CCCCl)[C@@H](C#N)c2ccccc2)cc1. The fourth-order valence-electron chi connectivity index (χ4n) is 2.73. The van der Waals surface area contributed by atoms with Gasteiger partial charge in [-0.05, 0) is 42.7 Å². The highest BCUT2D eigenvalue weighted by Crippen LogP contribution is 2.23. The van der Waals surface area contributed by atoms with Gasteiger partial charge in [0.15, 0.2) is 0 Å². The van der Waals surface area contributed by atoms with Crippen LogP contribution in [0.5, 0.6) is 5.75 Å². The van der Waals surface area contributed by atoms with Crippen LogP contribution in [0.2, 0.25) is 0 Å². The third kappa shape index (κ3) is 6.01. The van der Waals surface area contributed by atoms with Crippen LogP contribution < -0.4 is 4.74 Å². The van der Waals surface area contributed by atoms with Gasteiger partial charge in [0.1, 0.15) is 11.8 Å². The average Bonchev–Trinajstić information content (AvgIpc) is 2.72. The molecule has 142 valence electrons. The fourth-order valence-corrected chi connectivity index (χ4v) is 2.85. The highest BCUT2D eigenvalue weighted by molar-refractivity contribution is 6.17. The first-order valence-corrected chi connectivity index (χ1v) is 9.79. The van der Waals surface area contributed by atoms with Crippen molar-refractivity contribution < 1.29 is 9.53 Å². The number of hydrogen-bond donors (Lipinski definition) is 0. The molecule has 0 saturated carbocycles. The smallest absolute Gasteiger partial charge is 0.255 e. The van der Waals surface area contributed by atoms with Gasteiger partial charge in [0.2, 0.25) is 0 Å². The van der Waals surface area contributed by atoms with Crippen molar-refractivity contribution in [2.45, 2.75) is 32.2 Å². The Morgan fingerprint density at radius 1 is 1.15 bits per heavy atom. The Balaban J connectivity index is 2.20.